The van der Waals surface area contributed by atoms with Gasteiger partial charge in [0.25, 0.3) is 5.91 Å². The highest BCUT2D eigenvalue weighted by Gasteiger charge is 2.06. The second kappa shape index (κ2) is 9.21. The van der Waals surface area contributed by atoms with E-state index in [1.807, 2.05) is 53.2 Å². The van der Waals surface area contributed by atoms with E-state index in [9.17, 15) is 4.79 Å². The number of aromatic nitrogens is 2. The molecule has 1 amide bonds. The molecule has 29 heavy (non-hydrogen) atoms. The van der Waals surface area contributed by atoms with E-state index in [4.69, 9.17) is 0 Å². The Balaban J connectivity index is 1.26. The molecule has 0 radical (unpaired) electrons. The van der Waals surface area contributed by atoms with Crippen LogP contribution >= 0.6 is 11.3 Å². The molecule has 6 heteroatoms. The van der Waals surface area contributed by atoms with Gasteiger partial charge in [0.05, 0.1) is 12.0 Å². The summed E-state index contributed by atoms with van der Waals surface area (Å²) in [7, 11) is 0. The summed E-state index contributed by atoms with van der Waals surface area (Å²) in [6.07, 6.45) is 6.33. The van der Waals surface area contributed by atoms with Gasteiger partial charge in [-0.3, -0.25) is 4.79 Å². The Bertz CT molecular complexity index is 1040. The fraction of sp³-hybridized carbons (Fsp3) is 0.130. The lowest BCUT2D eigenvalue weighted by atomic mass is 10.1. The molecule has 0 aliphatic heterocycles. The van der Waals surface area contributed by atoms with Gasteiger partial charge in [-0.15, -0.1) is 11.3 Å². The lowest BCUT2D eigenvalue weighted by molar-refractivity contribution is 0.0954. The van der Waals surface area contributed by atoms with Gasteiger partial charge >= 0.3 is 0 Å². The van der Waals surface area contributed by atoms with Crippen molar-refractivity contribution in [1.29, 1.82) is 0 Å². The van der Waals surface area contributed by atoms with Crippen molar-refractivity contribution in [3.05, 3.63) is 101 Å². The number of anilines is 1. The van der Waals surface area contributed by atoms with Gasteiger partial charge in [0.15, 0.2) is 0 Å². The average Bonchev–Trinajstić information content (AvgIpc) is 3.45. The lowest BCUT2D eigenvalue weighted by Gasteiger charge is -2.08. The first-order chi connectivity index (χ1) is 14.3. The minimum absolute atomic E-state index is 0.0456. The molecule has 0 aliphatic rings. The number of rotatable bonds is 8. The van der Waals surface area contributed by atoms with Crippen molar-refractivity contribution < 1.29 is 4.79 Å². The zero-order chi connectivity index (χ0) is 19.9. The molecule has 2 aromatic carbocycles. The lowest BCUT2D eigenvalue weighted by Crippen LogP contribution is -2.25. The van der Waals surface area contributed by atoms with Gasteiger partial charge in [0, 0.05) is 47.0 Å². The summed E-state index contributed by atoms with van der Waals surface area (Å²) < 4.78 is 1.99. The van der Waals surface area contributed by atoms with Crippen LogP contribution in [0.3, 0.4) is 0 Å². The molecule has 0 unspecified atom stereocenters. The number of imidazole rings is 1. The van der Waals surface area contributed by atoms with Crippen molar-refractivity contribution >= 4 is 22.9 Å². The predicted molar refractivity (Wildman–Crippen MR) is 118 cm³/mol. The van der Waals surface area contributed by atoms with Crippen LogP contribution in [0.1, 0.15) is 20.8 Å². The summed E-state index contributed by atoms with van der Waals surface area (Å²) in [5, 5.41) is 8.49. The third-order valence-electron chi connectivity index (χ3n) is 4.60. The molecule has 4 aromatic rings. The molecule has 146 valence electrons. The maximum atomic E-state index is 12.3. The normalized spacial score (nSPS) is 10.6. The molecule has 0 saturated heterocycles. The molecular formula is C23H22N4OS. The van der Waals surface area contributed by atoms with Gasteiger partial charge in [-0.25, -0.2) is 4.98 Å². The molecule has 0 spiro atoms. The number of nitrogens with one attached hydrogen (secondary N) is 2. The van der Waals surface area contributed by atoms with E-state index in [1.165, 1.54) is 10.4 Å². The van der Waals surface area contributed by atoms with Crippen molar-refractivity contribution in [1.82, 2.24) is 14.9 Å². The van der Waals surface area contributed by atoms with Crippen molar-refractivity contribution in [2.24, 2.45) is 0 Å². The van der Waals surface area contributed by atoms with Crippen LogP contribution in [0.5, 0.6) is 0 Å². The van der Waals surface area contributed by atoms with Crippen LogP contribution in [-0.2, 0) is 13.0 Å². The largest absolute Gasteiger partial charge is 0.380 e. The van der Waals surface area contributed by atoms with Gasteiger partial charge < -0.3 is 15.2 Å². The maximum absolute atomic E-state index is 12.3. The smallest absolute Gasteiger partial charge is 0.251 e. The van der Waals surface area contributed by atoms with Crippen LogP contribution in [0.2, 0.25) is 0 Å². The molecule has 0 fully saturated rings. The fourth-order valence-electron chi connectivity index (χ4n) is 3.00. The van der Waals surface area contributed by atoms with Crippen LogP contribution in [0.4, 0.5) is 5.69 Å². The number of benzene rings is 2. The molecular weight excluding hydrogens is 380 g/mol. The van der Waals surface area contributed by atoms with Gasteiger partial charge in [0.1, 0.15) is 0 Å². The topological polar surface area (TPSA) is 59.0 Å². The Morgan fingerprint density at radius 2 is 1.90 bits per heavy atom. The van der Waals surface area contributed by atoms with Crippen molar-refractivity contribution in [3.63, 3.8) is 0 Å². The number of carbonyl (C=O) groups is 1. The van der Waals surface area contributed by atoms with E-state index in [0.717, 1.165) is 24.3 Å². The quantitative estimate of drug-likeness (QED) is 0.456. The highest BCUT2D eigenvalue weighted by Crippen LogP contribution is 2.20. The number of carbonyl (C=O) groups excluding carboxylic acids is 1. The molecule has 5 nitrogen and oxygen atoms in total. The molecule has 0 atom stereocenters. The van der Waals surface area contributed by atoms with Crippen molar-refractivity contribution in [2.45, 2.75) is 13.0 Å². The zero-order valence-electron chi connectivity index (χ0n) is 15.9. The minimum atomic E-state index is -0.0456. The Hall–Kier alpha value is -3.38. The summed E-state index contributed by atoms with van der Waals surface area (Å²) in [6, 6.07) is 19.9. The van der Waals surface area contributed by atoms with Crippen molar-refractivity contribution in [2.75, 3.05) is 11.9 Å². The van der Waals surface area contributed by atoms with E-state index in [1.54, 1.807) is 23.9 Å². The van der Waals surface area contributed by atoms with Crippen LogP contribution in [-0.4, -0.2) is 22.0 Å². The highest BCUT2D eigenvalue weighted by atomic mass is 32.1. The number of thiophene rings is 1. The third kappa shape index (κ3) is 5.12. The monoisotopic (exact) mass is 402 g/mol. The first kappa shape index (κ1) is 19.0. The molecule has 2 N–H and O–H groups in total. The standard InChI is InChI=1S/C23H22N4OS/c28-23(25-11-10-18-4-2-1-3-5-18)19-6-8-20(9-7-19)26-15-22-14-21(16-29-22)27-13-12-24-17-27/h1-9,12-14,16-17,26H,10-11,15H2,(H,25,28). The number of hydrogen-bond acceptors (Lipinski definition) is 4. The second-order valence-electron chi connectivity index (χ2n) is 6.66. The Morgan fingerprint density at radius 1 is 1.07 bits per heavy atom. The van der Waals surface area contributed by atoms with Gasteiger partial charge in [-0.1, -0.05) is 30.3 Å². The van der Waals surface area contributed by atoms with E-state index in [-0.39, 0.29) is 5.91 Å². The number of hydrogen-bond donors (Lipinski definition) is 2. The molecule has 0 aliphatic carbocycles. The van der Waals surface area contributed by atoms with E-state index >= 15 is 0 Å². The zero-order valence-corrected chi connectivity index (χ0v) is 16.7. The third-order valence-corrected chi connectivity index (χ3v) is 5.52. The van der Waals surface area contributed by atoms with Crippen LogP contribution in [0.15, 0.2) is 84.8 Å². The first-order valence-electron chi connectivity index (χ1n) is 9.50. The van der Waals surface area contributed by atoms with Gasteiger partial charge in [0.2, 0.25) is 0 Å². The van der Waals surface area contributed by atoms with Crippen LogP contribution in [0, 0.1) is 0 Å². The summed E-state index contributed by atoms with van der Waals surface area (Å²) in [4.78, 5) is 17.6. The summed E-state index contributed by atoms with van der Waals surface area (Å²) in [6.45, 7) is 1.36. The van der Waals surface area contributed by atoms with Crippen molar-refractivity contribution in [3.8, 4) is 5.69 Å². The molecule has 2 aromatic heterocycles. The van der Waals surface area contributed by atoms with E-state index in [0.29, 0.717) is 12.1 Å². The second-order valence-corrected chi connectivity index (χ2v) is 7.66. The number of nitrogens with zero attached hydrogens (tertiary/aromatic N) is 2. The minimum Gasteiger partial charge on any atom is -0.380 e. The average molecular weight is 403 g/mol. The van der Waals surface area contributed by atoms with Crippen LogP contribution < -0.4 is 10.6 Å². The first-order valence-corrected chi connectivity index (χ1v) is 10.4. The highest BCUT2D eigenvalue weighted by molar-refractivity contribution is 7.10. The van der Waals surface area contributed by atoms with Crippen LogP contribution in [0.25, 0.3) is 5.69 Å². The summed E-state index contributed by atoms with van der Waals surface area (Å²) in [5.74, 6) is -0.0456. The predicted octanol–water partition coefficient (Wildman–Crippen LogP) is 4.52. The summed E-state index contributed by atoms with van der Waals surface area (Å²) >= 11 is 1.71. The fourth-order valence-corrected chi connectivity index (χ4v) is 3.81. The molecule has 0 bridgehead atoms. The maximum Gasteiger partial charge on any atom is 0.251 e. The van der Waals surface area contributed by atoms with Gasteiger partial charge in [-0.2, -0.15) is 0 Å². The van der Waals surface area contributed by atoms with Gasteiger partial charge in [-0.05, 0) is 42.3 Å². The van der Waals surface area contributed by atoms with E-state index in [2.05, 4.69) is 39.2 Å². The Kier molecular flexibility index (Phi) is 6.02. The molecule has 2 heterocycles. The van der Waals surface area contributed by atoms with E-state index < -0.39 is 0 Å². The molecule has 4 rings (SSSR count). The Morgan fingerprint density at radius 3 is 2.66 bits per heavy atom. The Labute approximate surface area is 174 Å². The molecule has 0 saturated carbocycles. The number of amides is 1. The SMILES string of the molecule is O=C(NCCc1ccccc1)c1ccc(NCc2cc(-n3ccnc3)cs2)cc1. The summed E-state index contributed by atoms with van der Waals surface area (Å²) in [5.41, 5.74) is 3.99.